The fraction of sp³-hybridized carbons (Fsp3) is 0.200. The van der Waals surface area contributed by atoms with Crippen molar-refractivity contribution < 1.29 is 19.1 Å². The van der Waals surface area contributed by atoms with Crippen molar-refractivity contribution in [3.8, 4) is 5.75 Å². The highest BCUT2D eigenvalue weighted by Gasteiger charge is 2.14. The van der Waals surface area contributed by atoms with Crippen LogP contribution < -0.4 is 10.3 Å². The van der Waals surface area contributed by atoms with Crippen LogP contribution in [0.15, 0.2) is 35.3 Å². The fourth-order valence-electron chi connectivity index (χ4n) is 1.88. The lowest BCUT2D eigenvalue weighted by atomic mass is 10.2. The molecule has 2 rings (SSSR count). The van der Waals surface area contributed by atoms with E-state index in [1.807, 2.05) is 0 Å². The molecule has 1 aromatic carbocycles. The second-order valence-electron chi connectivity index (χ2n) is 4.40. The van der Waals surface area contributed by atoms with E-state index in [4.69, 9.17) is 4.74 Å². The maximum absolute atomic E-state index is 12.1. The molecule has 1 heterocycles. The summed E-state index contributed by atoms with van der Waals surface area (Å²) in [6.45, 7) is 0.191. The molecule has 0 bridgehead atoms. The van der Waals surface area contributed by atoms with Crippen molar-refractivity contribution in [2.75, 3.05) is 14.2 Å². The summed E-state index contributed by atoms with van der Waals surface area (Å²) >= 11 is 0. The van der Waals surface area contributed by atoms with E-state index < -0.39 is 11.5 Å². The third-order valence-corrected chi connectivity index (χ3v) is 3.02. The van der Waals surface area contributed by atoms with Crippen molar-refractivity contribution >= 4 is 12.3 Å². The highest BCUT2D eigenvalue weighted by Crippen LogP contribution is 2.12. The summed E-state index contributed by atoms with van der Waals surface area (Å²) in [5.41, 5.74) is -0.200. The predicted molar refractivity (Wildman–Crippen MR) is 77.3 cm³/mol. The van der Waals surface area contributed by atoms with Crippen molar-refractivity contribution in [2.45, 2.75) is 6.54 Å². The Morgan fingerprint density at radius 2 is 1.95 bits per heavy atom. The number of ether oxygens (including phenoxy) is 2. The van der Waals surface area contributed by atoms with E-state index in [9.17, 15) is 14.4 Å². The number of aldehydes is 1. The van der Waals surface area contributed by atoms with Crippen LogP contribution in [0.4, 0.5) is 0 Å². The summed E-state index contributed by atoms with van der Waals surface area (Å²) in [5, 5.41) is 0. The molecule has 0 aliphatic heterocycles. The Hall–Kier alpha value is -2.96. The quantitative estimate of drug-likeness (QED) is 0.602. The first-order valence-corrected chi connectivity index (χ1v) is 6.37. The van der Waals surface area contributed by atoms with Gasteiger partial charge in [0.15, 0.2) is 17.7 Å². The van der Waals surface area contributed by atoms with Crippen LogP contribution in [-0.2, 0) is 11.3 Å². The number of hydrogen-bond acceptors (Lipinski definition) is 6. The maximum atomic E-state index is 12.1. The maximum Gasteiger partial charge on any atom is 0.358 e. The summed E-state index contributed by atoms with van der Waals surface area (Å²) in [6.07, 6.45) is 1.59. The lowest BCUT2D eigenvalue weighted by molar-refractivity contribution is 0.0592. The van der Waals surface area contributed by atoms with Crippen molar-refractivity contribution in [1.82, 2.24) is 9.55 Å². The second kappa shape index (κ2) is 6.66. The zero-order chi connectivity index (χ0) is 16.1. The lowest BCUT2D eigenvalue weighted by Crippen LogP contribution is -2.27. The SMILES string of the molecule is COC(=O)c1cn(Cc2ccc(OC)cc2)c(=O)c(C=O)n1. The van der Waals surface area contributed by atoms with Gasteiger partial charge in [-0.2, -0.15) is 0 Å². The molecule has 0 unspecified atom stereocenters. The Bertz CT molecular complexity index is 750. The molecule has 0 saturated carbocycles. The molecule has 7 heteroatoms. The van der Waals surface area contributed by atoms with E-state index >= 15 is 0 Å². The first-order valence-electron chi connectivity index (χ1n) is 6.37. The van der Waals surface area contributed by atoms with Gasteiger partial charge < -0.3 is 14.0 Å². The van der Waals surface area contributed by atoms with Crippen LogP contribution in [0.1, 0.15) is 26.5 Å². The predicted octanol–water partition coefficient (Wildman–Crippen LogP) is 0.899. The lowest BCUT2D eigenvalue weighted by Gasteiger charge is -2.09. The van der Waals surface area contributed by atoms with Crippen LogP contribution in [0.5, 0.6) is 5.75 Å². The number of esters is 1. The van der Waals surface area contributed by atoms with Crippen LogP contribution in [0.2, 0.25) is 0 Å². The van der Waals surface area contributed by atoms with Gasteiger partial charge >= 0.3 is 5.97 Å². The molecule has 0 aliphatic carbocycles. The van der Waals surface area contributed by atoms with Crippen LogP contribution in [0.3, 0.4) is 0 Å². The van der Waals surface area contributed by atoms with Crippen LogP contribution in [0, 0.1) is 0 Å². The minimum atomic E-state index is -0.716. The fourth-order valence-corrected chi connectivity index (χ4v) is 1.88. The summed E-state index contributed by atoms with van der Waals surface area (Å²) in [7, 11) is 2.75. The van der Waals surface area contributed by atoms with Crippen LogP contribution in [0.25, 0.3) is 0 Å². The van der Waals surface area contributed by atoms with Gasteiger partial charge in [-0.15, -0.1) is 0 Å². The van der Waals surface area contributed by atoms with Crippen molar-refractivity contribution in [1.29, 1.82) is 0 Å². The number of nitrogens with zero attached hydrogens (tertiary/aromatic N) is 2. The van der Waals surface area contributed by atoms with Gasteiger partial charge in [0.1, 0.15) is 5.75 Å². The molecule has 0 saturated heterocycles. The third-order valence-electron chi connectivity index (χ3n) is 3.02. The van der Waals surface area contributed by atoms with Crippen molar-refractivity contribution in [2.24, 2.45) is 0 Å². The van der Waals surface area contributed by atoms with Gasteiger partial charge in [0, 0.05) is 6.20 Å². The molecule has 114 valence electrons. The first-order chi connectivity index (χ1) is 10.6. The molecule has 0 radical (unpaired) electrons. The molecular formula is C15H14N2O5. The van der Waals surface area contributed by atoms with Crippen molar-refractivity contribution in [3.05, 3.63) is 57.8 Å². The van der Waals surface area contributed by atoms with Crippen LogP contribution in [-0.4, -0.2) is 36.0 Å². The van der Waals surface area contributed by atoms with E-state index in [1.54, 1.807) is 31.4 Å². The molecule has 0 N–H and O–H groups in total. The zero-order valence-electron chi connectivity index (χ0n) is 12.1. The molecule has 2 aromatic rings. The molecule has 22 heavy (non-hydrogen) atoms. The minimum Gasteiger partial charge on any atom is -0.497 e. The van der Waals surface area contributed by atoms with E-state index in [0.717, 1.165) is 5.56 Å². The molecule has 0 amide bonds. The standard InChI is InChI=1S/C15H14N2O5/c1-21-11-5-3-10(4-6-11)7-17-8-12(15(20)22-2)16-13(9-18)14(17)19/h3-6,8-9H,7H2,1-2H3. The summed E-state index contributed by atoms with van der Waals surface area (Å²) in [4.78, 5) is 38.3. The molecule has 0 spiro atoms. The monoisotopic (exact) mass is 302 g/mol. The number of aromatic nitrogens is 2. The molecule has 0 fully saturated rings. The Kier molecular flexibility index (Phi) is 4.67. The Morgan fingerprint density at radius 1 is 1.27 bits per heavy atom. The average Bonchev–Trinajstić information content (AvgIpc) is 2.56. The number of methoxy groups -OCH3 is 2. The smallest absolute Gasteiger partial charge is 0.358 e. The minimum absolute atomic E-state index is 0.0993. The molecule has 7 nitrogen and oxygen atoms in total. The van der Waals surface area contributed by atoms with Crippen LogP contribution >= 0.6 is 0 Å². The molecule has 1 aromatic heterocycles. The Labute approximate surface area is 126 Å². The van der Waals surface area contributed by atoms with Gasteiger partial charge in [-0.3, -0.25) is 9.59 Å². The molecule has 0 atom stereocenters. The highest BCUT2D eigenvalue weighted by atomic mass is 16.5. The number of benzene rings is 1. The van der Waals surface area contributed by atoms with Gasteiger partial charge in [0.05, 0.1) is 20.8 Å². The van der Waals surface area contributed by atoms with Gasteiger partial charge in [-0.25, -0.2) is 9.78 Å². The number of hydrogen-bond donors (Lipinski definition) is 0. The zero-order valence-corrected chi connectivity index (χ0v) is 12.1. The average molecular weight is 302 g/mol. The van der Waals surface area contributed by atoms with Gasteiger partial charge in [0.2, 0.25) is 0 Å². The van der Waals surface area contributed by atoms with E-state index in [0.29, 0.717) is 12.0 Å². The topological polar surface area (TPSA) is 87.5 Å². The molecular weight excluding hydrogens is 288 g/mol. The highest BCUT2D eigenvalue weighted by molar-refractivity contribution is 5.87. The third kappa shape index (κ3) is 3.20. The van der Waals surface area contributed by atoms with E-state index in [2.05, 4.69) is 9.72 Å². The summed E-state index contributed by atoms with van der Waals surface area (Å²) in [6, 6.07) is 7.07. The Morgan fingerprint density at radius 3 is 2.50 bits per heavy atom. The summed E-state index contributed by atoms with van der Waals surface area (Å²) in [5.74, 6) is -0.0266. The van der Waals surface area contributed by atoms with E-state index in [-0.39, 0.29) is 17.9 Å². The van der Waals surface area contributed by atoms with Crippen molar-refractivity contribution in [3.63, 3.8) is 0 Å². The normalized spacial score (nSPS) is 10.1. The van der Waals surface area contributed by atoms with Gasteiger partial charge in [-0.05, 0) is 17.7 Å². The van der Waals surface area contributed by atoms with E-state index in [1.165, 1.54) is 17.9 Å². The van der Waals surface area contributed by atoms with Gasteiger partial charge in [-0.1, -0.05) is 12.1 Å². The van der Waals surface area contributed by atoms with Gasteiger partial charge in [0.25, 0.3) is 5.56 Å². The summed E-state index contributed by atoms with van der Waals surface area (Å²) < 4.78 is 10.9. The molecule has 0 aliphatic rings. The Balaban J connectivity index is 2.42. The second-order valence-corrected chi connectivity index (χ2v) is 4.40. The number of rotatable bonds is 5. The number of carbonyl (C=O) groups excluding carboxylic acids is 2. The largest absolute Gasteiger partial charge is 0.497 e. The number of carbonyl (C=O) groups is 2. The first kappa shape index (κ1) is 15.4.